The molecule has 8 heteroatoms. The average Bonchev–Trinajstić information content (AvgIpc) is 2.79. The molecule has 0 aromatic heterocycles. The number of halogens is 1. The summed E-state index contributed by atoms with van der Waals surface area (Å²) in [7, 11) is -2.28. The molecular formula is C24H25ClN2O4S. The van der Waals surface area contributed by atoms with Crippen LogP contribution in [0.2, 0.25) is 5.02 Å². The van der Waals surface area contributed by atoms with Gasteiger partial charge in [-0.2, -0.15) is 0 Å². The Labute approximate surface area is 193 Å². The Hall–Kier alpha value is -3.03. The molecule has 0 radical (unpaired) electrons. The number of nitrogens with zero attached hydrogens (tertiary/aromatic N) is 1. The van der Waals surface area contributed by atoms with E-state index in [1.807, 2.05) is 38.1 Å². The van der Waals surface area contributed by atoms with Crippen LogP contribution in [0.25, 0.3) is 0 Å². The molecule has 1 atom stereocenters. The van der Waals surface area contributed by atoms with Gasteiger partial charge in [0.05, 0.1) is 23.2 Å². The van der Waals surface area contributed by atoms with Crippen LogP contribution < -0.4 is 14.4 Å². The van der Waals surface area contributed by atoms with E-state index in [4.69, 9.17) is 16.3 Å². The van der Waals surface area contributed by atoms with Gasteiger partial charge in [0.15, 0.2) is 0 Å². The predicted octanol–water partition coefficient (Wildman–Crippen LogP) is 5.05. The maximum absolute atomic E-state index is 12.8. The number of sulfonamides is 1. The maximum Gasteiger partial charge on any atom is 0.264 e. The summed E-state index contributed by atoms with van der Waals surface area (Å²) >= 11 is 5.85. The summed E-state index contributed by atoms with van der Waals surface area (Å²) in [6.45, 7) is 4.42. The van der Waals surface area contributed by atoms with Crippen molar-refractivity contribution in [2.75, 3.05) is 18.0 Å². The third-order valence-electron chi connectivity index (χ3n) is 5.00. The molecule has 168 valence electrons. The van der Waals surface area contributed by atoms with Gasteiger partial charge in [-0.1, -0.05) is 23.7 Å². The number of benzene rings is 3. The number of carbonyl (C=O) groups is 1. The first-order valence-corrected chi connectivity index (χ1v) is 11.9. The van der Waals surface area contributed by atoms with E-state index in [-0.39, 0.29) is 16.8 Å². The highest BCUT2D eigenvalue weighted by Gasteiger charge is 2.21. The molecule has 0 bridgehead atoms. The Morgan fingerprint density at radius 2 is 1.59 bits per heavy atom. The van der Waals surface area contributed by atoms with Crippen LogP contribution in [0, 0.1) is 0 Å². The highest BCUT2D eigenvalue weighted by Crippen LogP contribution is 2.24. The lowest BCUT2D eigenvalue weighted by molar-refractivity contribution is 0.0940. The Bertz CT molecular complexity index is 1160. The Kier molecular flexibility index (Phi) is 7.43. The van der Waals surface area contributed by atoms with E-state index in [1.165, 1.54) is 35.6 Å². The molecule has 3 aromatic carbocycles. The van der Waals surface area contributed by atoms with E-state index >= 15 is 0 Å². The highest BCUT2D eigenvalue weighted by atomic mass is 35.5. The quantitative estimate of drug-likeness (QED) is 0.497. The topological polar surface area (TPSA) is 75.7 Å². The van der Waals surface area contributed by atoms with E-state index in [0.717, 1.165) is 11.3 Å². The van der Waals surface area contributed by atoms with Gasteiger partial charge in [0.1, 0.15) is 5.75 Å². The number of carbonyl (C=O) groups excluding carboxylic acids is 1. The summed E-state index contributed by atoms with van der Waals surface area (Å²) in [6.07, 6.45) is 0. The molecule has 32 heavy (non-hydrogen) atoms. The van der Waals surface area contributed by atoms with E-state index < -0.39 is 10.0 Å². The third-order valence-corrected chi connectivity index (χ3v) is 7.06. The fourth-order valence-electron chi connectivity index (χ4n) is 3.11. The summed E-state index contributed by atoms with van der Waals surface area (Å²) in [6, 6.07) is 19.7. The first-order valence-electron chi connectivity index (χ1n) is 10.1. The van der Waals surface area contributed by atoms with Crippen LogP contribution in [0.1, 0.15) is 35.8 Å². The van der Waals surface area contributed by atoms with Gasteiger partial charge in [-0.3, -0.25) is 9.10 Å². The van der Waals surface area contributed by atoms with Crippen LogP contribution in [-0.4, -0.2) is 28.0 Å². The van der Waals surface area contributed by atoms with Crippen molar-refractivity contribution >= 4 is 33.2 Å². The molecule has 0 fully saturated rings. The van der Waals surface area contributed by atoms with Crippen molar-refractivity contribution in [3.63, 3.8) is 0 Å². The van der Waals surface area contributed by atoms with Crippen LogP contribution in [0.15, 0.2) is 77.7 Å². The molecule has 1 amide bonds. The van der Waals surface area contributed by atoms with Crippen molar-refractivity contribution in [3.05, 3.63) is 88.9 Å². The van der Waals surface area contributed by atoms with Crippen molar-refractivity contribution in [2.45, 2.75) is 24.8 Å². The van der Waals surface area contributed by atoms with Gasteiger partial charge in [0, 0.05) is 17.6 Å². The second kappa shape index (κ2) is 10.1. The summed E-state index contributed by atoms with van der Waals surface area (Å²) in [5, 5.41) is 3.41. The first kappa shape index (κ1) is 23.6. The molecule has 0 saturated heterocycles. The molecule has 6 nitrogen and oxygen atoms in total. The van der Waals surface area contributed by atoms with Crippen molar-refractivity contribution in [3.8, 4) is 5.75 Å². The zero-order valence-corrected chi connectivity index (χ0v) is 19.7. The molecule has 3 rings (SSSR count). The fourth-order valence-corrected chi connectivity index (χ4v) is 4.43. The molecule has 0 saturated carbocycles. The highest BCUT2D eigenvalue weighted by molar-refractivity contribution is 7.92. The molecule has 3 aromatic rings. The molecular weight excluding hydrogens is 448 g/mol. The molecule has 1 N–H and O–H groups in total. The molecule has 0 aliphatic rings. The van der Waals surface area contributed by atoms with Crippen LogP contribution >= 0.6 is 11.6 Å². The molecule has 0 unspecified atom stereocenters. The number of nitrogens with one attached hydrogen (secondary N) is 1. The van der Waals surface area contributed by atoms with Gasteiger partial charge in [-0.25, -0.2) is 8.42 Å². The predicted molar refractivity (Wildman–Crippen MR) is 127 cm³/mol. The number of amides is 1. The van der Waals surface area contributed by atoms with Gasteiger partial charge < -0.3 is 10.1 Å². The van der Waals surface area contributed by atoms with Gasteiger partial charge in [-0.15, -0.1) is 0 Å². The average molecular weight is 473 g/mol. The molecule has 0 aliphatic carbocycles. The Balaban J connectivity index is 1.69. The molecule has 0 aliphatic heterocycles. The number of ether oxygens (including phenoxy) is 1. The Morgan fingerprint density at radius 1 is 1.00 bits per heavy atom. The number of rotatable bonds is 8. The fraction of sp³-hybridized carbons (Fsp3) is 0.208. The summed E-state index contributed by atoms with van der Waals surface area (Å²) < 4.78 is 32.3. The van der Waals surface area contributed by atoms with Crippen molar-refractivity contribution < 1.29 is 17.9 Å². The van der Waals surface area contributed by atoms with Crippen LogP contribution in [-0.2, 0) is 10.0 Å². The van der Waals surface area contributed by atoms with E-state index in [0.29, 0.717) is 22.9 Å². The number of hydrogen-bond donors (Lipinski definition) is 1. The summed E-state index contributed by atoms with van der Waals surface area (Å²) in [5.74, 6) is 0.532. The van der Waals surface area contributed by atoms with Crippen LogP contribution in [0.4, 0.5) is 5.69 Å². The van der Waals surface area contributed by atoms with Gasteiger partial charge in [-0.05, 0) is 80.1 Å². The first-order chi connectivity index (χ1) is 15.2. The van der Waals surface area contributed by atoms with Crippen LogP contribution in [0.5, 0.6) is 5.75 Å². The standard InChI is InChI=1S/C24H25ClN2O4S/c1-4-31-22-13-7-18(8-14-22)17(2)26-24(28)19-5-11-21(12-6-19)27(3)32(29,30)23-15-9-20(25)10-16-23/h5-17H,4H2,1-3H3,(H,26,28)/t17-/m1/s1. The van der Waals surface area contributed by atoms with E-state index in [9.17, 15) is 13.2 Å². The largest absolute Gasteiger partial charge is 0.494 e. The van der Waals surface area contributed by atoms with Gasteiger partial charge in [0.25, 0.3) is 15.9 Å². The molecule has 0 spiro atoms. The normalized spacial score (nSPS) is 12.1. The lowest BCUT2D eigenvalue weighted by atomic mass is 10.1. The zero-order chi connectivity index (χ0) is 23.3. The second-order valence-corrected chi connectivity index (χ2v) is 9.58. The minimum absolute atomic E-state index is 0.135. The van der Waals surface area contributed by atoms with Crippen LogP contribution in [0.3, 0.4) is 0 Å². The van der Waals surface area contributed by atoms with Crippen molar-refractivity contribution in [2.24, 2.45) is 0 Å². The van der Waals surface area contributed by atoms with Crippen molar-refractivity contribution in [1.82, 2.24) is 5.32 Å². The minimum Gasteiger partial charge on any atom is -0.494 e. The maximum atomic E-state index is 12.8. The molecule has 0 heterocycles. The Morgan fingerprint density at radius 3 is 2.16 bits per heavy atom. The zero-order valence-electron chi connectivity index (χ0n) is 18.1. The SMILES string of the molecule is CCOc1ccc([C@@H](C)NC(=O)c2ccc(N(C)S(=O)(=O)c3ccc(Cl)cc3)cc2)cc1. The van der Waals surface area contributed by atoms with Gasteiger partial charge in [0.2, 0.25) is 0 Å². The number of hydrogen-bond acceptors (Lipinski definition) is 4. The van der Waals surface area contributed by atoms with E-state index in [1.54, 1.807) is 24.3 Å². The van der Waals surface area contributed by atoms with Crippen molar-refractivity contribution in [1.29, 1.82) is 0 Å². The van der Waals surface area contributed by atoms with E-state index in [2.05, 4.69) is 5.32 Å². The third kappa shape index (κ3) is 5.41. The van der Waals surface area contributed by atoms with Gasteiger partial charge >= 0.3 is 0 Å². The smallest absolute Gasteiger partial charge is 0.264 e. The number of anilines is 1. The monoisotopic (exact) mass is 472 g/mol. The second-order valence-electron chi connectivity index (χ2n) is 7.17. The summed E-state index contributed by atoms with van der Waals surface area (Å²) in [4.78, 5) is 12.8. The lowest BCUT2D eigenvalue weighted by Crippen LogP contribution is -2.28. The minimum atomic E-state index is -3.74. The summed E-state index contributed by atoms with van der Waals surface area (Å²) in [5.41, 5.74) is 1.83. The lowest BCUT2D eigenvalue weighted by Gasteiger charge is -2.20.